The first kappa shape index (κ1) is 15.8. The number of fused-ring (bicyclic) bond motifs is 1. The topological polar surface area (TPSA) is 49.4 Å². The van der Waals surface area contributed by atoms with Crippen molar-refractivity contribution in [3.05, 3.63) is 70.8 Å². The van der Waals surface area contributed by atoms with Gasteiger partial charge in [0.15, 0.2) is 9.80 Å². The van der Waals surface area contributed by atoms with Gasteiger partial charge in [-0.25, -0.2) is 4.79 Å². The number of aryl methyl sites for hydroxylation is 2. The third kappa shape index (κ3) is 3.19. The summed E-state index contributed by atoms with van der Waals surface area (Å²) in [6.45, 7) is 2.07. The Morgan fingerprint density at radius 3 is 2.61 bits per heavy atom. The van der Waals surface area contributed by atoms with Gasteiger partial charge < -0.3 is 9.29 Å². The second-order valence-electron chi connectivity index (χ2n) is 5.55. The van der Waals surface area contributed by atoms with Crippen LogP contribution in [0.15, 0.2) is 53.4 Å². The highest BCUT2D eigenvalue weighted by Crippen LogP contribution is 2.34. The molecule has 1 atom stereocenters. The van der Waals surface area contributed by atoms with E-state index in [1.807, 2.05) is 0 Å². The third-order valence-corrected chi connectivity index (χ3v) is 5.45. The summed E-state index contributed by atoms with van der Waals surface area (Å²) >= 11 is -1.25. The Morgan fingerprint density at radius 1 is 1.17 bits per heavy atom. The molecule has 0 radical (unpaired) electrons. The van der Waals surface area contributed by atoms with Gasteiger partial charge in [0.2, 0.25) is 0 Å². The highest BCUT2D eigenvalue weighted by Gasteiger charge is 2.25. The summed E-state index contributed by atoms with van der Waals surface area (Å²) in [5.74, 6) is -0.389. The zero-order valence-corrected chi connectivity index (χ0v) is 14.0. The molecule has 0 saturated heterocycles. The van der Waals surface area contributed by atoms with Gasteiger partial charge in [-0.2, -0.15) is 0 Å². The maximum Gasteiger partial charge on any atom is 0.337 e. The average molecular weight is 326 g/mol. The summed E-state index contributed by atoms with van der Waals surface area (Å²) in [6.07, 6.45) is 3.94. The fraction of sp³-hybridized carbons (Fsp3) is 0.211. The van der Waals surface area contributed by atoms with Crippen LogP contribution in [0.25, 0.3) is 4.91 Å². The van der Waals surface area contributed by atoms with Gasteiger partial charge in [-0.05, 0) is 61.7 Å². The molecule has 23 heavy (non-hydrogen) atoms. The van der Waals surface area contributed by atoms with Gasteiger partial charge in [-0.1, -0.05) is 17.7 Å². The first-order valence-corrected chi connectivity index (χ1v) is 8.65. The molecule has 0 saturated carbocycles. The minimum absolute atomic E-state index is 0.389. The number of carbonyl (C=O) groups excluding carboxylic acids is 1. The number of hydrogen-bond donors (Lipinski definition) is 0. The zero-order valence-electron chi connectivity index (χ0n) is 13.2. The van der Waals surface area contributed by atoms with E-state index in [1.54, 1.807) is 24.3 Å². The molecule has 2 aromatic rings. The Bertz CT molecular complexity index is 763. The highest BCUT2D eigenvalue weighted by molar-refractivity contribution is 8.00. The monoisotopic (exact) mass is 326 g/mol. The van der Waals surface area contributed by atoms with Gasteiger partial charge >= 0.3 is 5.97 Å². The number of ether oxygens (including phenoxy) is 1. The molecule has 0 fully saturated rings. The van der Waals surface area contributed by atoms with Gasteiger partial charge in [0.1, 0.15) is 0 Å². The summed E-state index contributed by atoms with van der Waals surface area (Å²) in [5, 5.41) is 0. The van der Waals surface area contributed by atoms with E-state index in [-0.39, 0.29) is 5.97 Å². The Balaban J connectivity index is 1.90. The fourth-order valence-electron chi connectivity index (χ4n) is 2.77. The molecule has 1 unspecified atom stereocenters. The number of methoxy groups -OCH3 is 1. The molecule has 0 aliphatic heterocycles. The second-order valence-corrected chi connectivity index (χ2v) is 7.00. The lowest BCUT2D eigenvalue weighted by atomic mass is 9.95. The molecule has 0 heterocycles. The molecule has 118 valence electrons. The molecule has 3 nitrogen and oxygen atoms in total. The van der Waals surface area contributed by atoms with Crippen LogP contribution < -0.4 is 0 Å². The lowest BCUT2D eigenvalue weighted by Gasteiger charge is -2.20. The molecule has 0 N–H and O–H groups in total. The van der Waals surface area contributed by atoms with Gasteiger partial charge in [-0.3, -0.25) is 0 Å². The van der Waals surface area contributed by atoms with Crippen molar-refractivity contribution in [3.63, 3.8) is 0 Å². The average Bonchev–Trinajstić information content (AvgIpc) is 2.59. The first-order valence-electron chi connectivity index (χ1n) is 7.50. The minimum Gasteiger partial charge on any atom is -0.606 e. The van der Waals surface area contributed by atoms with Crippen LogP contribution in [0.2, 0.25) is 0 Å². The van der Waals surface area contributed by atoms with E-state index in [4.69, 9.17) is 0 Å². The van der Waals surface area contributed by atoms with Crippen LogP contribution in [0.3, 0.4) is 0 Å². The van der Waals surface area contributed by atoms with Crippen LogP contribution >= 0.6 is 0 Å². The van der Waals surface area contributed by atoms with Gasteiger partial charge in [0, 0.05) is 16.7 Å². The van der Waals surface area contributed by atoms with E-state index < -0.39 is 11.2 Å². The molecule has 3 rings (SSSR count). The van der Waals surface area contributed by atoms with Crippen molar-refractivity contribution in [2.75, 3.05) is 7.11 Å². The second kappa shape index (κ2) is 6.60. The van der Waals surface area contributed by atoms with Crippen LogP contribution in [-0.2, 0) is 22.3 Å². The molecular weight excluding hydrogens is 308 g/mol. The molecule has 0 amide bonds. The van der Waals surface area contributed by atoms with Crippen LogP contribution in [0.4, 0.5) is 0 Å². The molecule has 1 aliphatic carbocycles. The minimum atomic E-state index is -1.25. The van der Waals surface area contributed by atoms with Gasteiger partial charge in [-0.15, -0.1) is 0 Å². The van der Waals surface area contributed by atoms with Crippen molar-refractivity contribution in [1.82, 2.24) is 0 Å². The molecular formula is C19H18O3S. The highest BCUT2D eigenvalue weighted by atomic mass is 32.2. The standard InChI is InChI=1S/C19H18O3S/c1-13-6-11-17-15(12-13)4-3-5-18(17)23(21)16-9-7-14(8-10-16)19(20)22-2/h5-12H,3-4H2,1-2H3. The number of rotatable bonds is 3. The molecule has 0 bridgehead atoms. The summed E-state index contributed by atoms with van der Waals surface area (Å²) in [6, 6.07) is 13.0. The summed E-state index contributed by atoms with van der Waals surface area (Å²) in [7, 11) is 1.35. The number of carbonyl (C=O) groups is 1. The van der Waals surface area contributed by atoms with Crippen LogP contribution in [0.5, 0.6) is 0 Å². The number of allylic oxidation sites excluding steroid dienone is 1. The van der Waals surface area contributed by atoms with E-state index in [2.05, 4.69) is 35.9 Å². The Hall–Kier alpha value is -2.04. The van der Waals surface area contributed by atoms with E-state index in [0.29, 0.717) is 10.5 Å². The van der Waals surface area contributed by atoms with E-state index >= 15 is 0 Å². The predicted molar refractivity (Wildman–Crippen MR) is 91.7 cm³/mol. The maximum absolute atomic E-state index is 12.9. The molecule has 0 spiro atoms. The Morgan fingerprint density at radius 2 is 1.91 bits per heavy atom. The molecule has 1 aliphatic rings. The van der Waals surface area contributed by atoms with Crippen molar-refractivity contribution in [3.8, 4) is 0 Å². The van der Waals surface area contributed by atoms with Crippen molar-refractivity contribution >= 4 is 22.1 Å². The van der Waals surface area contributed by atoms with Crippen LogP contribution in [0, 0.1) is 6.92 Å². The summed E-state index contributed by atoms with van der Waals surface area (Å²) in [5.41, 5.74) is 4.00. The zero-order chi connectivity index (χ0) is 16.4. The van der Waals surface area contributed by atoms with Crippen LogP contribution in [-0.4, -0.2) is 17.6 Å². The molecule has 0 aromatic heterocycles. The van der Waals surface area contributed by atoms with Crippen molar-refractivity contribution in [1.29, 1.82) is 0 Å². The Kier molecular flexibility index (Phi) is 4.55. The number of hydrogen-bond acceptors (Lipinski definition) is 3. The third-order valence-electron chi connectivity index (χ3n) is 3.96. The normalized spacial score (nSPS) is 14.7. The van der Waals surface area contributed by atoms with Crippen molar-refractivity contribution in [2.45, 2.75) is 24.7 Å². The maximum atomic E-state index is 12.9. The van der Waals surface area contributed by atoms with Crippen LogP contribution in [0.1, 0.15) is 33.5 Å². The summed E-state index contributed by atoms with van der Waals surface area (Å²) in [4.78, 5) is 13.0. The Labute approximate surface area is 139 Å². The van der Waals surface area contributed by atoms with E-state index in [0.717, 1.165) is 23.3 Å². The molecule has 2 aromatic carbocycles. The largest absolute Gasteiger partial charge is 0.606 e. The summed E-state index contributed by atoms with van der Waals surface area (Å²) < 4.78 is 17.6. The van der Waals surface area contributed by atoms with E-state index in [9.17, 15) is 9.35 Å². The van der Waals surface area contributed by atoms with Crippen molar-refractivity contribution < 1.29 is 14.1 Å². The van der Waals surface area contributed by atoms with Gasteiger partial charge in [0.25, 0.3) is 0 Å². The predicted octanol–water partition coefficient (Wildman–Crippen LogP) is 3.88. The first-order chi connectivity index (χ1) is 11.1. The quantitative estimate of drug-likeness (QED) is 0.635. The fourth-order valence-corrected chi connectivity index (χ4v) is 4.08. The van der Waals surface area contributed by atoms with Crippen molar-refractivity contribution in [2.24, 2.45) is 0 Å². The lowest BCUT2D eigenvalue weighted by Crippen LogP contribution is -2.10. The SMILES string of the molecule is COC(=O)c1ccc([S+]([O-])C2=CCCc3cc(C)ccc32)cc1. The number of esters is 1. The number of benzene rings is 2. The smallest absolute Gasteiger partial charge is 0.337 e. The lowest BCUT2D eigenvalue weighted by molar-refractivity contribution is 0.0600. The molecule has 4 heteroatoms. The van der Waals surface area contributed by atoms with E-state index in [1.165, 1.54) is 18.2 Å². The van der Waals surface area contributed by atoms with Gasteiger partial charge in [0.05, 0.1) is 12.7 Å².